The van der Waals surface area contributed by atoms with Crippen LogP contribution in [0.5, 0.6) is 0 Å². The Morgan fingerprint density at radius 2 is 1.81 bits per heavy atom. The van der Waals surface area contributed by atoms with Gasteiger partial charge in [0.05, 0.1) is 13.0 Å². The fourth-order valence-electron chi connectivity index (χ4n) is 1.78. The quantitative estimate of drug-likeness (QED) is 0.666. The zero-order chi connectivity index (χ0) is 16.0. The van der Waals surface area contributed by atoms with E-state index in [4.69, 9.17) is 0 Å². The van der Waals surface area contributed by atoms with Crippen LogP contribution < -0.4 is 5.32 Å². The number of benzene rings is 1. The molecule has 1 atom stereocenters. The smallest absolute Gasteiger partial charge is 0.321 e. The van der Waals surface area contributed by atoms with E-state index in [2.05, 4.69) is 10.1 Å². The second kappa shape index (κ2) is 7.42. The summed E-state index contributed by atoms with van der Waals surface area (Å²) in [6, 6.07) is 6.28. The molecule has 0 heterocycles. The fraction of sp³-hybridized carbons (Fsp3) is 0.400. The number of nitrogens with zero attached hydrogens (tertiary/aromatic N) is 1. The van der Waals surface area contributed by atoms with Crippen LogP contribution in [0.4, 0.5) is 10.5 Å². The summed E-state index contributed by atoms with van der Waals surface area (Å²) in [4.78, 5) is 35.9. The highest BCUT2D eigenvalue weighted by Crippen LogP contribution is 2.11. The van der Waals surface area contributed by atoms with Crippen LogP contribution in [0.3, 0.4) is 0 Å². The minimum Gasteiger partial charge on any atom is -0.469 e. The molecule has 2 amide bonds. The molecule has 0 aromatic heterocycles. The Hall–Kier alpha value is -2.37. The van der Waals surface area contributed by atoms with E-state index in [1.807, 2.05) is 0 Å². The van der Waals surface area contributed by atoms with Gasteiger partial charge in [-0.25, -0.2) is 4.79 Å². The maximum absolute atomic E-state index is 12.0. The van der Waals surface area contributed by atoms with Gasteiger partial charge in [-0.1, -0.05) is 6.92 Å². The molecule has 0 fully saturated rings. The summed E-state index contributed by atoms with van der Waals surface area (Å²) in [6.45, 7) is 3.43. The lowest BCUT2D eigenvalue weighted by Crippen LogP contribution is -2.37. The Kier molecular flexibility index (Phi) is 5.90. The zero-order valence-corrected chi connectivity index (χ0v) is 12.7. The number of ketones is 1. The Bertz CT molecular complexity index is 525. The minimum absolute atomic E-state index is 0.0307. The van der Waals surface area contributed by atoms with Crippen molar-refractivity contribution in [3.05, 3.63) is 29.8 Å². The maximum Gasteiger partial charge on any atom is 0.321 e. The van der Waals surface area contributed by atoms with Crippen molar-refractivity contribution in [3.63, 3.8) is 0 Å². The normalized spacial score (nSPS) is 11.4. The number of hydrogen-bond acceptors (Lipinski definition) is 4. The molecular weight excluding hydrogens is 272 g/mol. The van der Waals surface area contributed by atoms with Gasteiger partial charge >= 0.3 is 12.0 Å². The first-order chi connectivity index (χ1) is 9.85. The summed E-state index contributed by atoms with van der Waals surface area (Å²) in [7, 11) is 2.91. The molecule has 0 saturated carbocycles. The van der Waals surface area contributed by atoms with E-state index in [0.717, 1.165) is 0 Å². The molecule has 0 aliphatic rings. The average Bonchev–Trinajstić information content (AvgIpc) is 2.46. The second-order valence-electron chi connectivity index (χ2n) is 4.87. The van der Waals surface area contributed by atoms with Crippen LogP contribution in [0.15, 0.2) is 24.3 Å². The number of esters is 1. The topological polar surface area (TPSA) is 75.7 Å². The first-order valence-electron chi connectivity index (χ1n) is 6.56. The van der Waals surface area contributed by atoms with E-state index in [1.165, 1.54) is 18.9 Å². The lowest BCUT2D eigenvalue weighted by atomic mass is 10.1. The van der Waals surface area contributed by atoms with Crippen LogP contribution in [0.1, 0.15) is 24.2 Å². The Morgan fingerprint density at radius 3 is 2.29 bits per heavy atom. The van der Waals surface area contributed by atoms with Crippen molar-refractivity contribution in [1.82, 2.24) is 4.90 Å². The van der Waals surface area contributed by atoms with Crippen molar-refractivity contribution >= 4 is 23.5 Å². The third kappa shape index (κ3) is 4.91. The largest absolute Gasteiger partial charge is 0.469 e. The summed E-state index contributed by atoms with van der Waals surface area (Å²) in [5.74, 6) is -0.789. The van der Waals surface area contributed by atoms with E-state index in [1.54, 1.807) is 38.2 Å². The van der Waals surface area contributed by atoms with Crippen LogP contribution in [-0.2, 0) is 9.53 Å². The second-order valence-corrected chi connectivity index (χ2v) is 4.87. The molecule has 0 radical (unpaired) electrons. The van der Waals surface area contributed by atoms with Gasteiger partial charge in [0, 0.05) is 24.8 Å². The molecule has 1 rings (SSSR count). The van der Waals surface area contributed by atoms with Crippen LogP contribution in [0, 0.1) is 5.92 Å². The molecule has 6 nitrogen and oxygen atoms in total. The van der Waals surface area contributed by atoms with E-state index >= 15 is 0 Å². The number of urea groups is 1. The van der Waals surface area contributed by atoms with E-state index in [9.17, 15) is 14.4 Å². The summed E-state index contributed by atoms with van der Waals surface area (Å²) >= 11 is 0. The van der Waals surface area contributed by atoms with Gasteiger partial charge in [0.25, 0.3) is 0 Å². The number of carbonyl (C=O) groups excluding carboxylic acids is 3. The van der Waals surface area contributed by atoms with Crippen LogP contribution in [-0.4, -0.2) is 43.4 Å². The number of rotatable bonds is 5. The van der Waals surface area contributed by atoms with Gasteiger partial charge < -0.3 is 15.0 Å². The summed E-state index contributed by atoms with van der Waals surface area (Å²) in [5.41, 5.74) is 1.17. The monoisotopic (exact) mass is 292 g/mol. The highest BCUT2D eigenvalue weighted by molar-refractivity contribution is 5.95. The SMILES string of the molecule is COC(=O)C(C)CN(C)C(=O)Nc1ccc(C(C)=O)cc1. The van der Waals surface area contributed by atoms with Crippen LogP contribution in [0.2, 0.25) is 0 Å². The first-order valence-corrected chi connectivity index (χ1v) is 6.56. The number of amides is 2. The summed E-state index contributed by atoms with van der Waals surface area (Å²) < 4.78 is 4.62. The number of hydrogen-bond donors (Lipinski definition) is 1. The Balaban J connectivity index is 2.59. The number of carbonyl (C=O) groups is 3. The van der Waals surface area contributed by atoms with Crippen molar-refractivity contribution in [2.45, 2.75) is 13.8 Å². The molecule has 0 saturated heterocycles. The minimum atomic E-state index is -0.397. The van der Waals surface area contributed by atoms with Gasteiger partial charge in [0.1, 0.15) is 0 Å². The molecular formula is C15H20N2O4. The molecule has 0 bridgehead atoms. The van der Waals surface area contributed by atoms with E-state index < -0.39 is 5.92 Å². The molecule has 1 N–H and O–H groups in total. The molecule has 1 aromatic rings. The van der Waals surface area contributed by atoms with Crippen LogP contribution in [0.25, 0.3) is 0 Å². The zero-order valence-electron chi connectivity index (χ0n) is 12.7. The third-order valence-electron chi connectivity index (χ3n) is 3.04. The Morgan fingerprint density at radius 1 is 1.24 bits per heavy atom. The van der Waals surface area contributed by atoms with Crippen LogP contribution >= 0.6 is 0 Å². The summed E-state index contributed by atoms with van der Waals surface area (Å²) in [6.07, 6.45) is 0. The molecule has 6 heteroatoms. The predicted octanol–water partition coefficient (Wildman–Crippen LogP) is 2.16. The molecule has 0 aliphatic heterocycles. The number of nitrogens with one attached hydrogen (secondary N) is 1. The van der Waals surface area contributed by atoms with E-state index in [0.29, 0.717) is 11.3 Å². The maximum atomic E-state index is 12.0. The highest BCUT2D eigenvalue weighted by Gasteiger charge is 2.18. The van der Waals surface area contributed by atoms with Gasteiger partial charge in [0.2, 0.25) is 0 Å². The molecule has 21 heavy (non-hydrogen) atoms. The summed E-state index contributed by atoms with van der Waals surface area (Å²) in [5, 5.41) is 2.69. The molecule has 0 aliphatic carbocycles. The van der Waals surface area contributed by atoms with E-state index in [-0.39, 0.29) is 24.3 Å². The average molecular weight is 292 g/mol. The number of anilines is 1. The Labute approximate surface area is 124 Å². The third-order valence-corrected chi connectivity index (χ3v) is 3.04. The van der Waals surface area contributed by atoms with Crippen molar-refractivity contribution in [2.75, 3.05) is 26.0 Å². The standard InChI is InChI=1S/C15H20N2O4/c1-10(14(19)21-4)9-17(3)15(20)16-13-7-5-12(6-8-13)11(2)18/h5-8,10H,9H2,1-4H3,(H,16,20). The lowest BCUT2D eigenvalue weighted by molar-refractivity contribution is -0.145. The highest BCUT2D eigenvalue weighted by atomic mass is 16.5. The van der Waals surface area contributed by atoms with Crippen molar-refractivity contribution in [1.29, 1.82) is 0 Å². The van der Waals surface area contributed by atoms with Gasteiger partial charge in [-0.2, -0.15) is 0 Å². The molecule has 0 spiro atoms. The number of Topliss-reactive ketones (excluding diaryl/α,β-unsaturated/α-hetero) is 1. The number of methoxy groups -OCH3 is 1. The van der Waals surface area contributed by atoms with Crippen molar-refractivity contribution < 1.29 is 19.1 Å². The van der Waals surface area contributed by atoms with Crippen molar-refractivity contribution in [3.8, 4) is 0 Å². The molecule has 1 aromatic carbocycles. The van der Waals surface area contributed by atoms with Gasteiger partial charge in [-0.3, -0.25) is 9.59 Å². The fourth-order valence-corrected chi connectivity index (χ4v) is 1.78. The lowest BCUT2D eigenvalue weighted by Gasteiger charge is -2.20. The van der Waals surface area contributed by atoms with Gasteiger partial charge in [-0.15, -0.1) is 0 Å². The predicted molar refractivity (Wildman–Crippen MR) is 79.3 cm³/mol. The molecule has 114 valence electrons. The molecule has 1 unspecified atom stereocenters. The number of ether oxygens (including phenoxy) is 1. The van der Waals surface area contributed by atoms with Gasteiger partial charge in [0.15, 0.2) is 5.78 Å². The van der Waals surface area contributed by atoms with Gasteiger partial charge in [-0.05, 0) is 31.2 Å². The first kappa shape index (κ1) is 16.7. The van der Waals surface area contributed by atoms with Crippen molar-refractivity contribution in [2.24, 2.45) is 5.92 Å².